The monoisotopic (exact) mass is 320 g/mol. The zero-order valence-corrected chi connectivity index (χ0v) is 12.6. The Morgan fingerprint density at radius 3 is 2.48 bits per heavy atom. The number of aromatic amines is 1. The molecule has 0 aliphatic heterocycles. The lowest BCUT2D eigenvalue weighted by molar-refractivity contribution is -0.144. The second-order valence-electron chi connectivity index (χ2n) is 5.38. The van der Waals surface area contributed by atoms with Gasteiger partial charge < -0.3 is 10.3 Å². The average molecular weight is 320 g/mol. The molecule has 3 rings (SSSR count). The SMILES string of the molecule is Cc1cc2c(NC(C)c3ccccc3)nc(C(F)(F)F)nc2[nH]1. The van der Waals surface area contributed by atoms with E-state index in [-0.39, 0.29) is 17.5 Å². The number of halogens is 3. The molecule has 0 fully saturated rings. The molecule has 4 nitrogen and oxygen atoms in total. The third kappa shape index (κ3) is 3.13. The fraction of sp³-hybridized carbons (Fsp3) is 0.250. The topological polar surface area (TPSA) is 53.6 Å². The molecular weight excluding hydrogens is 305 g/mol. The van der Waals surface area contributed by atoms with Crippen molar-refractivity contribution in [3.8, 4) is 0 Å². The Labute approximate surface area is 130 Å². The van der Waals surface area contributed by atoms with Gasteiger partial charge in [0.05, 0.1) is 5.39 Å². The number of H-pyrrole nitrogens is 1. The summed E-state index contributed by atoms with van der Waals surface area (Å²) >= 11 is 0. The minimum absolute atomic E-state index is 0.169. The summed E-state index contributed by atoms with van der Waals surface area (Å²) in [7, 11) is 0. The molecule has 2 N–H and O–H groups in total. The van der Waals surface area contributed by atoms with Crippen molar-refractivity contribution in [3.05, 3.63) is 53.5 Å². The summed E-state index contributed by atoms with van der Waals surface area (Å²) in [6, 6.07) is 11.0. The number of anilines is 1. The standard InChI is InChI=1S/C16H15F3N4/c1-9-8-12-13(20-9)22-15(16(17,18)19)23-14(12)21-10(2)11-6-4-3-5-7-11/h3-8,10H,1-2H3,(H2,20,21,22,23). The molecule has 2 heterocycles. The summed E-state index contributed by atoms with van der Waals surface area (Å²) in [5.41, 5.74) is 1.86. The number of benzene rings is 1. The quantitative estimate of drug-likeness (QED) is 0.749. The molecule has 0 spiro atoms. The number of aromatic nitrogens is 3. The van der Waals surface area contributed by atoms with Crippen LogP contribution in [0.1, 0.15) is 30.0 Å². The van der Waals surface area contributed by atoms with Gasteiger partial charge in [0.25, 0.3) is 0 Å². The number of hydrogen-bond acceptors (Lipinski definition) is 3. The third-order valence-electron chi connectivity index (χ3n) is 3.53. The third-order valence-corrected chi connectivity index (χ3v) is 3.53. The Morgan fingerprint density at radius 1 is 1.13 bits per heavy atom. The summed E-state index contributed by atoms with van der Waals surface area (Å²) in [5, 5.41) is 3.60. The highest BCUT2D eigenvalue weighted by Gasteiger charge is 2.36. The fourth-order valence-corrected chi connectivity index (χ4v) is 2.41. The molecule has 1 atom stereocenters. The minimum atomic E-state index is -4.60. The Hall–Kier alpha value is -2.57. The summed E-state index contributed by atoms with van der Waals surface area (Å²) in [5.74, 6) is -0.988. The number of rotatable bonds is 3. The lowest BCUT2D eigenvalue weighted by atomic mass is 10.1. The van der Waals surface area contributed by atoms with Crippen LogP contribution in [-0.2, 0) is 6.18 Å². The van der Waals surface area contributed by atoms with Gasteiger partial charge >= 0.3 is 6.18 Å². The first kappa shape index (κ1) is 15.3. The molecule has 1 aromatic carbocycles. The molecule has 0 aliphatic carbocycles. The van der Waals surface area contributed by atoms with Gasteiger partial charge in [-0.2, -0.15) is 13.2 Å². The first-order valence-corrected chi connectivity index (χ1v) is 7.10. The maximum absolute atomic E-state index is 13.0. The van der Waals surface area contributed by atoms with E-state index in [1.165, 1.54) is 0 Å². The number of hydrogen-bond donors (Lipinski definition) is 2. The molecule has 7 heteroatoms. The first-order chi connectivity index (χ1) is 10.8. The summed E-state index contributed by atoms with van der Waals surface area (Å²) in [6.45, 7) is 3.63. The second-order valence-corrected chi connectivity index (χ2v) is 5.38. The van der Waals surface area contributed by atoms with Crippen molar-refractivity contribution < 1.29 is 13.2 Å². The summed E-state index contributed by atoms with van der Waals surface area (Å²) in [4.78, 5) is 10.1. The Bertz CT molecular complexity index is 824. The molecule has 0 saturated carbocycles. The van der Waals surface area contributed by atoms with Crippen molar-refractivity contribution in [2.75, 3.05) is 5.32 Å². The number of nitrogens with one attached hydrogen (secondary N) is 2. The predicted octanol–water partition coefficient (Wildman–Crippen LogP) is 4.46. The van der Waals surface area contributed by atoms with Crippen LogP contribution in [0.2, 0.25) is 0 Å². The maximum atomic E-state index is 13.0. The smallest absolute Gasteiger partial charge is 0.363 e. The van der Waals surface area contributed by atoms with Crippen molar-refractivity contribution in [2.24, 2.45) is 0 Å². The van der Waals surface area contributed by atoms with Crippen LogP contribution in [0.4, 0.5) is 19.0 Å². The summed E-state index contributed by atoms with van der Waals surface area (Å²) < 4.78 is 39.0. The summed E-state index contributed by atoms with van der Waals surface area (Å²) in [6.07, 6.45) is -4.60. The number of aryl methyl sites for hydroxylation is 1. The zero-order valence-electron chi connectivity index (χ0n) is 12.6. The Kier molecular flexibility index (Phi) is 3.71. The first-order valence-electron chi connectivity index (χ1n) is 7.10. The number of alkyl halides is 3. The molecule has 2 aromatic heterocycles. The van der Waals surface area contributed by atoms with Gasteiger partial charge in [0.1, 0.15) is 11.5 Å². The average Bonchev–Trinajstić information content (AvgIpc) is 2.87. The van der Waals surface area contributed by atoms with Gasteiger partial charge in [0.15, 0.2) is 0 Å². The van der Waals surface area contributed by atoms with E-state index >= 15 is 0 Å². The largest absolute Gasteiger partial charge is 0.451 e. The molecule has 1 unspecified atom stereocenters. The van der Waals surface area contributed by atoms with E-state index in [9.17, 15) is 13.2 Å². The molecule has 120 valence electrons. The predicted molar refractivity (Wildman–Crippen MR) is 82.1 cm³/mol. The van der Waals surface area contributed by atoms with Gasteiger partial charge in [-0.1, -0.05) is 30.3 Å². The second kappa shape index (κ2) is 5.57. The molecule has 0 radical (unpaired) electrons. The van der Waals surface area contributed by atoms with Crippen molar-refractivity contribution in [3.63, 3.8) is 0 Å². The molecule has 0 bridgehead atoms. The van der Waals surface area contributed by atoms with Crippen molar-refractivity contribution in [2.45, 2.75) is 26.1 Å². The van der Waals surface area contributed by atoms with Crippen LogP contribution >= 0.6 is 0 Å². The van der Waals surface area contributed by atoms with Crippen LogP contribution in [0.25, 0.3) is 11.0 Å². The van der Waals surface area contributed by atoms with E-state index in [0.717, 1.165) is 11.3 Å². The van der Waals surface area contributed by atoms with Crippen LogP contribution in [0.15, 0.2) is 36.4 Å². The van der Waals surface area contributed by atoms with Gasteiger partial charge in [0.2, 0.25) is 5.82 Å². The minimum Gasteiger partial charge on any atom is -0.363 e. The van der Waals surface area contributed by atoms with E-state index in [1.807, 2.05) is 37.3 Å². The lowest BCUT2D eigenvalue weighted by Crippen LogP contribution is -2.15. The van der Waals surface area contributed by atoms with Crippen LogP contribution in [0.5, 0.6) is 0 Å². The molecule has 0 saturated heterocycles. The van der Waals surface area contributed by atoms with Gasteiger partial charge in [-0.15, -0.1) is 0 Å². The zero-order chi connectivity index (χ0) is 16.6. The van der Waals surface area contributed by atoms with Crippen molar-refractivity contribution in [1.82, 2.24) is 15.0 Å². The number of nitrogens with zero attached hydrogens (tertiary/aromatic N) is 2. The van der Waals surface area contributed by atoms with Crippen molar-refractivity contribution in [1.29, 1.82) is 0 Å². The Balaban J connectivity index is 2.05. The molecule has 23 heavy (non-hydrogen) atoms. The van der Waals surface area contributed by atoms with Crippen LogP contribution in [0.3, 0.4) is 0 Å². The highest BCUT2D eigenvalue weighted by atomic mass is 19.4. The van der Waals surface area contributed by atoms with E-state index in [0.29, 0.717) is 5.39 Å². The van der Waals surface area contributed by atoms with E-state index in [4.69, 9.17) is 0 Å². The molecule has 0 aliphatic rings. The van der Waals surface area contributed by atoms with Crippen LogP contribution in [-0.4, -0.2) is 15.0 Å². The highest BCUT2D eigenvalue weighted by Crippen LogP contribution is 2.31. The molecular formula is C16H15F3N4. The van der Waals surface area contributed by atoms with E-state index in [2.05, 4.69) is 20.3 Å². The normalized spacial score (nSPS) is 13.3. The van der Waals surface area contributed by atoms with Gasteiger partial charge in [-0.25, -0.2) is 9.97 Å². The number of fused-ring (bicyclic) bond motifs is 1. The molecule has 0 amide bonds. The van der Waals surface area contributed by atoms with Gasteiger partial charge in [-0.05, 0) is 25.5 Å². The van der Waals surface area contributed by atoms with Crippen LogP contribution < -0.4 is 5.32 Å². The maximum Gasteiger partial charge on any atom is 0.451 e. The lowest BCUT2D eigenvalue weighted by Gasteiger charge is -2.16. The fourth-order valence-electron chi connectivity index (χ4n) is 2.41. The van der Waals surface area contributed by atoms with E-state index in [1.54, 1.807) is 13.0 Å². The van der Waals surface area contributed by atoms with Gasteiger partial charge in [0, 0.05) is 11.7 Å². The molecule has 3 aromatic rings. The highest BCUT2D eigenvalue weighted by molar-refractivity contribution is 5.88. The van der Waals surface area contributed by atoms with E-state index < -0.39 is 12.0 Å². The van der Waals surface area contributed by atoms with Gasteiger partial charge in [-0.3, -0.25) is 0 Å². The van der Waals surface area contributed by atoms with Crippen LogP contribution in [0, 0.1) is 6.92 Å². The van der Waals surface area contributed by atoms with Crippen molar-refractivity contribution >= 4 is 16.9 Å². The Morgan fingerprint density at radius 2 is 1.83 bits per heavy atom.